The summed E-state index contributed by atoms with van der Waals surface area (Å²) in [4.78, 5) is 20.0. The predicted octanol–water partition coefficient (Wildman–Crippen LogP) is 3.90. The number of anilines is 2. The van der Waals surface area contributed by atoms with Crippen molar-refractivity contribution < 1.29 is 9.15 Å². The number of nitrogens with two attached hydrogens (primary N) is 1. The van der Waals surface area contributed by atoms with Crippen LogP contribution in [0, 0.1) is 0 Å². The minimum absolute atomic E-state index is 0.208. The largest absolute Gasteiger partial charge is 0.431 e. The predicted molar refractivity (Wildman–Crippen MR) is 124 cm³/mol. The number of ether oxygens (including phenoxy) is 1. The summed E-state index contributed by atoms with van der Waals surface area (Å²) < 4.78 is 11.6. The van der Waals surface area contributed by atoms with Crippen LogP contribution in [0.4, 0.5) is 11.9 Å². The Balaban J connectivity index is 1.40. The number of oxazole rings is 1. The van der Waals surface area contributed by atoms with Crippen LogP contribution in [0.1, 0.15) is 5.82 Å². The summed E-state index contributed by atoms with van der Waals surface area (Å²) in [5.74, 6) is 2.58. The van der Waals surface area contributed by atoms with Crippen LogP contribution in [0.2, 0.25) is 0 Å². The molecule has 0 spiro atoms. The molecule has 0 radical (unpaired) electrons. The highest BCUT2D eigenvalue weighted by Gasteiger charge is 2.19. The molecule has 9 heteroatoms. The zero-order valence-corrected chi connectivity index (χ0v) is 18.2. The smallest absolute Gasteiger partial charge is 0.257 e. The van der Waals surface area contributed by atoms with E-state index in [9.17, 15) is 0 Å². The summed E-state index contributed by atoms with van der Waals surface area (Å²) in [6.07, 6.45) is 0. The van der Waals surface area contributed by atoms with E-state index >= 15 is 0 Å². The maximum Gasteiger partial charge on any atom is 0.257 e. The van der Waals surface area contributed by atoms with Crippen LogP contribution in [0.3, 0.4) is 0 Å². The molecule has 8 nitrogen and oxygen atoms in total. The fourth-order valence-corrected chi connectivity index (χ4v) is 4.14. The van der Waals surface area contributed by atoms with Gasteiger partial charge in [0.25, 0.3) is 5.22 Å². The van der Waals surface area contributed by atoms with Gasteiger partial charge in [0.15, 0.2) is 5.76 Å². The number of hydrogen-bond donors (Lipinski definition) is 1. The minimum Gasteiger partial charge on any atom is -0.431 e. The van der Waals surface area contributed by atoms with Crippen molar-refractivity contribution in [2.24, 2.45) is 0 Å². The van der Waals surface area contributed by atoms with Gasteiger partial charge in [-0.2, -0.15) is 15.0 Å². The second-order valence-electron chi connectivity index (χ2n) is 7.19. The van der Waals surface area contributed by atoms with Gasteiger partial charge in [-0.25, -0.2) is 4.98 Å². The zero-order chi connectivity index (χ0) is 21.8. The molecule has 1 saturated heterocycles. The molecular weight excluding hydrogens is 424 g/mol. The van der Waals surface area contributed by atoms with E-state index in [0.29, 0.717) is 36.0 Å². The molecule has 2 aromatic carbocycles. The lowest BCUT2D eigenvalue weighted by Gasteiger charge is -2.26. The molecule has 4 aromatic rings. The molecule has 0 saturated carbocycles. The van der Waals surface area contributed by atoms with Crippen molar-refractivity contribution in [1.29, 1.82) is 0 Å². The number of benzene rings is 2. The first-order valence-electron chi connectivity index (χ1n) is 10.3. The molecular formula is C23H22N6O2S. The van der Waals surface area contributed by atoms with Crippen LogP contribution >= 0.6 is 11.8 Å². The van der Waals surface area contributed by atoms with Gasteiger partial charge in [-0.3, -0.25) is 0 Å². The summed E-state index contributed by atoms with van der Waals surface area (Å²) in [7, 11) is 0. The summed E-state index contributed by atoms with van der Waals surface area (Å²) >= 11 is 1.43. The van der Waals surface area contributed by atoms with E-state index in [2.05, 4.69) is 19.9 Å². The standard InChI is InChI=1S/C23H22N6O2S/c24-21-25-18(26-22(28-21)29-11-13-30-14-12-29)15-32-23-27-19(16-7-3-1-4-8-16)20(31-23)17-9-5-2-6-10-17/h1-10H,11-15H2,(H2,24,25,26,28). The van der Waals surface area contributed by atoms with Crippen molar-refractivity contribution in [3.05, 3.63) is 66.5 Å². The van der Waals surface area contributed by atoms with Crippen molar-refractivity contribution in [2.45, 2.75) is 11.0 Å². The first-order chi connectivity index (χ1) is 15.8. The topological polar surface area (TPSA) is 103 Å². The van der Waals surface area contributed by atoms with E-state index in [0.717, 1.165) is 35.7 Å². The number of hydrogen-bond acceptors (Lipinski definition) is 9. The van der Waals surface area contributed by atoms with Crippen molar-refractivity contribution in [1.82, 2.24) is 19.9 Å². The number of morpholine rings is 1. The van der Waals surface area contributed by atoms with Gasteiger partial charge in [-0.1, -0.05) is 72.4 Å². The molecule has 5 rings (SSSR count). The highest BCUT2D eigenvalue weighted by Crippen LogP contribution is 2.36. The number of aromatic nitrogens is 4. The normalized spacial score (nSPS) is 13.9. The maximum atomic E-state index is 6.18. The van der Waals surface area contributed by atoms with Gasteiger partial charge in [0.05, 0.1) is 19.0 Å². The van der Waals surface area contributed by atoms with Crippen LogP contribution in [-0.2, 0) is 10.5 Å². The second-order valence-corrected chi connectivity index (χ2v) is 8.11. The fraction of sp³-hybridized carbons (Fsp3) is 0.217. The molecule has 0 amide bonds. The Morgan fingerprint density at radius 3 is 2.25 bits per heavy atom. The van der Waals surface area contributed by atoms with Crippen LogP contribution in [0.5, 0.6) is 0 Å². The molecule has 0 atom stereocenters. The van der Waals surface area contributed by atoms with Gasteiger partial charge in [-0.15, -0.1) is 0 Å². The molecule has 1 fully saturated rings. The number of thioether (sulfide) groups is 1. The highest BCUT2D eigenvalue weighted by atomic mass is 32.2. The van der Waals surface area contributed by atoms with Crippen LogP contribution in [0.25, 0.3) is 22.6 Å². The first-order valence-corrected chi connectivity index (χ1v) is 11.3. The molecule has 162 valence electrons. The van der Waals surface area contributed by atoms with Crippen LogP contribution in [0.15, 0.2) is 70.3 Å². The number of nitrogen functional groups attached to an aromatic ring is 1. The molecule has 32 heavy (non-hydrogen) atoms. The van der Waals surface area contributed by atoms with E-state index < -0.39 is 0 Å². The quantitative estimate of drug-likeness (QED) is 0.442. The first kappa shape index (κ1) is 20.5. The fourth-order valence-electron chi connectivity index (χ4n) is 3.46. The van der Waals surface area contributed by atoms with Gasteiger partial charge < -0.3 is 19.8 Å². The lowest BCUT2D eigenvalue weighted by atomic mass is 10.1. The Kier molecular flexibility index (Phi) is 6.00. The molecule has 0 bridgehead atoms. The van der Waals surface area contributed by atoms with Crippen LogP contribution < -0.4 is 10.6 Å². The van der Waals surface area contributed by atoms with Gasteiger partial charge in [0.2, 0.25) is 11.9 Å². The van der Waals surface area contributed by atoms with E-state index in [4.69, 9.17) is 19.9 Å². The number of nitrogens with zero attached hydrogens (tertiary/aromatic N) is 5. The van der Waals surface area contributed by atoms with Crippen molar-refractivity contribution in [2.75, 3.05) is 36.9 Å². The van der Waals surface area contributed by atoms with E-state index in [1.807, 2.05) is 60.7 Å². The zero-order valence-electron chi connectivity index (χ0n) is 17.3. The lowest BCUT2D eigenvalue weighted by molar-refractivity contribution is 0.122. The monoisotopic (exact) mass is 446 g/mol. The summed E-state index contributed by atoms with van der Waals surface area (Å²) in [6, 6.07) is 20.0. The Morgan fingerprint density at radius 2 is 1.53 bits per heavy atom. The van der Waals surface area contributed by atoms with Gasteiger partial charge >= 0.3 is 0 Å². The van der Waals surface area contributed by atoms with Gasteiger partial charge in [-0.05, 0) is 0 Å². The van der Waals surface area contributed by atoms with E-state index in [1.165, 1.54) is 11.8 Å². The second kappa shape index (κ2) is 9.37. The average molecular weight is 447 g/mol. The van der Waals surface area contributed by atoms with E-state index in [-0.39, 0.29) is 5.95 Å². The van der Waals surface area contributed by atoms with Gasteiger partial charge in [0.1, 0.15) is 11.5 Å². The minimum atomic E-state index is 0.208. The molecule has 0 aliphatic carbocycles. The Bertz CT molecular complexity index is 1120. The van der Waals surface area contributed by atoms with Crippen molar-refractivity contribution in [3.8, 4) is 22.6 Å². The molecule has 3 heterocycles. The van der Waals surface area contributed by atoms with Crippen molar-refractivity contribution >= 4 is 23.7 Å². The highest BCUT2D eigenvalue weighted by molar-refractivity contribution is 7.98. The Labute approximate surface area is 189 Å². The third kappa shape index (κ3) is 4.58. The summed E-state index contributed by atoms with van der Waals surface area (Å²) in [5.41, 5.74) is 8.73. The Hall–Kier alpha value is -3.43. The average Bonchev–Trinajstić information content (AvgIpc) is 3.29. The Morgan fingerprint density at radius 1 is 0.844 bits per heavy atom. The number of rotatable bonds is 6. The van der Waals surface area contributed by atoms with E-state index in [1.54, 1.807) is 0 Å². The molecule has 2 N–H and O–H groups in total. The maximum absolute atomic E-state index is 6.18. The molecule has 0 unspecified atom stereocenters. The molecule has 1 aliphatic heterocycles. The SMILES string of the molecule is Nc1nc(CSc2nc(-c3ccccc3)c(-c3ccccc3)o2)nc(N2CCOCC2)n1. The third-order valence-corrected chi connectivity index (χ3v) is 5.82. The molecule has 2 aromatic heterocycles. The van der Waals surface area contributed by atoms with Gasteiger partial charge in [0, 0.05) is 24.2 Å². The third-order valence-electron chi connectivity index (χ3n) is 5.00. The van der Waals surface area contributed by atoms with Crippen LogP contribution in [-0.4, -0.2) is 46.2 Å². The van der Waals surface area contributed by atoms with Crippen molar-refractivity contribution in [3.63, 3.8) is 0 Å². The molecule has 1 aliphatic rings. The lowest BCUT2D eigenvalue weighted by Crippen LogP contribution is -2.37. The summed E-state index contributed by atoms with van der Waals surface area (Å²) in [6.45, 7) is 2.76. The summed E-state index contributed by atoms with van der Waals surface area (Å²) in [5, 5.41) is 0.551.